The third-order valence-corrected chi connectivity index (χ3v) is 4.45. The maximum atomic E-state index is 3.53. The predicted molar refractivity (Wildman–Crippen MR) is 68.9 cm³/mol. The average Bonchev–Trinajstić information content (AvgIpc) is 2.44. The van der Waals surface area contributed by atoms with Crippen LogP contribution in [0.2, 0.25) is 0 Å². The zero-order chi connectivity index (χ0) is 10.7. The molecule has 1 rings (SSSR count). The van der Waals surface area contributed by atoms with Crippen molar-refractivity contribution in [3.05, 3.63) is 25.9 Å². The van der Waals surface area contributed by atoms with Gasteiger partial charge in [-0.2, -0.15) is 0 Å². The van der Waals surface area contributed by atoms with Crippen LogP contribution in [0.4, 0.5) is 0 Å². The van der Waals surface area contributed by atoms with Gasteiger partial charge in [-0.25, -0.2) is 0 Å². The molecule has 0 amide bonds. The first-order valence-electron chi connectivity index (χ1n) is 4.66. The lowest BCUT2D eigenvalue weighted by molar-refractivity contribution is 0.696. The number of rotatable bonds is 3. The molecule has 0 fully saturated rings. The van der Waals surface area contributed by atoms with Crippen molar-refractivity contribution in [2.45, 2.75) is 26.8 Å². The van der Waals surface area contributed by atoms with Gasteiger partial charge in [-0.1, -0.05) is 5.57 Å². The molecule has 0 aliphatic carbocycles. The highest BCUT2D eigenvalue weighted by Crippen LogP contribution is 2.28. The second-order valence-corrected chi connectivity index (χ2v) is 5.59. The quantitative estimate of drug-likeness (QED) is 0.883. The van der Waals surface area contributed by atoms with Gasteiger partial charge in [-0.15, -0.1) is 11.3 Å². The van der Waals surface area contributed by atoms with E-state index in [4.69, 9.17) is 0 Å². The molecular weight excluding hydrogens is 258 g/mol. The molecule has 0 spiro atoms. The van der Waals surface area contributed by atoms with Crippen LogP contribution < -0.4 is 5.32 Å². The first kappa shape index (κ1) is 12.0. The molecule has 0 saturated carbocycles. The molecule has 0 bridgehead atoms. The van der Waals surface area contributed by atoms with Gasteiger partial charge >= 0.3 is 0 Å². The van der Waals surface area contributed by atoms with Crippen LogP contribution in [-0.4, -0.2) is 13.1 Å². The summed E-state index contributed by atoms with van der Waals surface area (Å²) in [6, 6.07) is 2.61. The predicted octanol–water partition coefficient (Wildman–Crippen LogP) is 3.83. The van der Waals surface area contributed by atoms with Gasteiger partial charge < -0.3 is 5.32 Å². The zero-order valence-corrected chi connectivity index (χ0v) is 11.4. The highest BCUT2D eigenvalue weighted by atomic mass is 79.9. The standard InChI is InChI=1S/C11H16BrNS/c1-7(8(2)13-4)5-10-6-11(12)9(3)14-10/h5-6,8,13H,1-4H3. The van der Waals surface area contributed by atoms with E-state index in [0.29, 0.717) is 6.04 Å². The summed E-state index contributed by atoms with van der Waals surface area (Å²) in [6.07, 6.45) is 2.24. The summed E-state index contributed by atoms with van der Waals surface area (Å²) in [5.74, 6) is 0. The van der Waals surface area contributed by atoms with Crippen LogP contribution in [0.25, 0.3) is 6.08 Å². The van der Waals surface area contributed by atoms with E-state index in [2.05, 4.69) is 54.2 Å². The van der Waals surface area contributed by atoms with Crippen molar-refractivity contribution >= 4 is 33.3 Å². The molecule has 0 aromatic carbocycles. The molecule has 0 saturated heterocycles. The third kappa shape index (κ3) is 2.94. The van der Waals surface area contributed by atoms with Crippen LogP contribution in [-0.2, 0) is 0 Å². The second kappa shape index (κ2) is 5.10. The maximum absolute atomic E-state index is 3.53. The summed E-state index contributed by atoms with van der Waals surface area (Å²) >= 11 is 5.35. The summed E-state index contributed by atoms with van der Waals surface area (Å²) in [6.45, 7) is 6.45. The Balaban J connectivity index is 2.86. The van der Waals surface area contributed by atoms with Crippen LogP contribution in [0, 0.1) is 6.92 Å². The average molecular weight is 274 g/mol. The fraction of sp³-hybridized carbons (Fsp3) is 0.455. The van der Waals surface area contributed by atoms with Gasteiger partial charge in [0.1, 0.15) is 0 Å². The highest BCUT2D eigenvalue weighted by molar-refractivity contribution is 9.10. The van der Waals surface area contributed by atoms with E-state index in [-0.39, 0.29) is 0 Å². The van der Waals surface area contributed by atoms with E-state index in [1.165, 1.54) is 19.8 Å². The van der Waals surface area contributed by atoms with E-state index >= 15 is 0 Å². The number of hydrogen-bond donors (Lipinski definition) is 1. The Morgan fingerprint density at radius 3 is 2.71 bits per heavy atom. The molecule has 14 heavy (non-hydrogen) atoms. The van der Waals surface area contributed by atoms with Crippen molar-refractivity contribution in [2.75, 3.05) is 7.05 Å². The summed E-state index contributed by atoms with van der Waals surface area (Å²) < 4.78 is 1.21. The number of hydrogen-bond acceptors (Lipinski definition) is 2. The zero-order valence-electron chi connectivity index (χ0n) is 9.02. The van der Waals surface area contributed by atoms with Crippen molar-refractivity contribution in [1.82, 2.24) is 5.32 Å². The molecule has 1 heterocycles. The summed E-state index contributed by atoms with van der Waals surface area (Å²) in [7, 11) is 1.98. The first-order chi connectivity index (χ1) is 6.54. The molecule has 1 N–H and O–H groups in total. The van der Waals surface area contributed by atoms with E-state index in [0.717, 1.165) is 0 Å². The summed E-state index contributed by atoms with van der Waals surface area (Å²) in [5.41, 5.74) is 1.36. The van der Waals surface area contributed by atoms with Gasteiger partial charge in [-0.3, -0.25) is 0 Å². The van der Waals surface area contributed by atoms with Crippen molar-refractivity contribution in [1.29, 1.82) is 0 Å². The SMILES string of the molecule is CNC(C)C(C)=Cc1cc(Br)c(C)s1. The lowest BCUT2D eigenvalue weighted by Crippen LogP contribution is -2.21. The number of nitrogens with one attached hydrogen (secondary N) is 1. The topological polar surface area (TPSA) is 12.0 Å². The Morgan fingerprint density at radius 1 is 1.64 bits per heavy atom. The first-order valence-corrected chi connectivity index (χ1v) is 6.27. The smallest absolute Gasteiger partial charge is 0.0317 e. The van der Waals surface area contributed by atoms with E-state index < -0.39 is 0 Å². The highest BCUT2D eigenvalue weighted by Gasteiger charge is 2.03. The molecular formula is C11H16BrNS. The van der Waals surface area contributed by atoms with Crippen LogP contribution in [0.1, 0.15) is 23.6 Å². The molecule has 1 atom stereocenters. The van der Waals surface area contributed by atoms with Gasteiger partial charge in [0, 0.05) is 20.3 Å². The molecule has 3 heteroatoms. The second-order valence-electron chi connectivity index (χ2n) is 3.45. The molecule has 0 aliphatic rings. The molecule has 0 aliphatic heterocycles. The Labute approximate surface area is 98.4 Å². The minimum Gasteiger partial charge on any atom is -0.314 e. The molecule has 1 aromatic heterocycles. The lowest BCUT2D eigenvalue weighted by Gasteiger charge is -2.09. The Kier molecular flexibility index (Phi) is 4.35. The van der Waals surface area contributed by atoms with E-state index in [1.54, 1.807) is 0 Å². The van der Waals surface area contributed by atoms with Gasteiger partial charge in [0.2, 0.25) is 0 Å². The molecule has 0 radical (unpaired) electrons. The maximum Gasteiger partial charge on any atom is 0.0317 e. The lowest BCUT2D eigenvalue weighted by atomic mass is 10.1. The minimum absolute atomic E-state index is 0.441. The third-order valence-electron chi connectivity index (χ3n) is 2.36. The van der Waals surface area contributed by atoms with Gasteiger partial charge in [-0.05, 0) is 55.9 Å². The van der Waals surface area contributed by atoms with Crippen molar-refractivity contribution < 1.29 is 0 Å². The largest absolute Gasteiger partial charge is 0.314 e. The minimum atomic E-state index is 0.441. The Hall–Kier alpha value is -0.120. The van der Waals surface area contributed by atoms with Gasteiger partial charge in [0.05, 0.1) is 0 Å². The van der Waals surface area contributed by atoms with Crippen LogP contribution in [0.3, 0.4) is 0 Å². The Bertz CT molecular complexity index is 322. The van der Waals surface area contributed by atoms with Crippen molar-refractivity contribution in [2.24, 2.45) is 0 Å². The number of halogens is 1. The number of thiophene rings is 1. The number of aryl methyl sites for hydroxylation is 1. The van der Waals surface area contributed by atoms with Gasteiger partial charge in [0.25, 0.3) is 0 Å². The molecule has 1 nitrogen and oxygen atoms in total. The molecule has 1 unspecified atom stereocenters. The summed E-state index contributed by atoms with van der Waals surface area (Å²) in [4.78, 5) is 2.65. The fourth-order valence-corrected chi connectivity index (χ4v) is 2.70. The van der Waals surface area contributed by atoms with E-state index in [1.807, 2.05) is 18.4 Å². The van der Waals surface area contributed by atoms with Gasteiger partial charge in [0.15, 0.2) is 0 Å². The normalized spacial score (nSPS) is 14.5. The summed E-state index contributed by atoms with van der Waals surface area (Å²) in [5, 5.41) is 3.23. The van der Waals surface area contributed by atoms with Crippen molar-refractivity contribution in [3.8, 4) is 0 Å². The monoisotopic (exact) mass is 273 g/mol. The van der Waals surface area contributed by atoms with Crippen LogP contribution in [0.5, 0.6) is 0 Å². The molecule has 1 aromatic rings. The Morgan fingerprint density at radius 2 is 2.29 bits per heavy atom. The van der Waals surface area contributed by atoms with Crippen LogP contribution >= 0.6 is 27.3 Å². The van der Waals surface area contributed by atoms with Crippen molar-refractivity contribution in [3.63, 3.8) is 0 Å². The molecule has 78 valence electrons. The number of likely N-dealkylation sites (N-methyl/N-ethyl adjacent to an activating group) is 1. The van der Waals surface area contributed by atoms with E-state index in [9.17, 15) is 0 Å². The van der Waals surface area contributed by atoms with Crippen LogP contribution in [0.15, 0.2) is 16.1 Å². The fourth-order valence-electron chi connectivity index (χ4n) is 1.13.